The first-order chi connectivity index (χ1) is 8.33. The van der Waals surface area contributed by atoms with Gasteiger partial charge in [0.1, 0.15) is 6.04 Å². The number of carbonyl (C=O) groups excluding carboxylic acids is 1. The Balaban J connectivity index is 2.71. The van der Waals surface area contributed by atoms with Crippen LogP contribution in [-0.2, 0) is 19.4 Å². The van der Waals surface area contributed by atoms with Gasteiger partial charge in [-0.2, -0.15) is 0 Å². The highest BCUT2D eigenvalue weighted by atomic mass is 32.2. The molecule has 104 valence electrons. The number of carboxylic acids is 1. The maximum absolute atomic E-state index is 12.1. The molecule has 1 rings (SSSR count). The van der Waals surface area contributed by atoms with Crippen LogP contribution in [0.5, 0.6) is 0 Å². The van der Waals surface area contributed by atoms with Crippen molar-refractivity contribution in [3.63, 3.8) is 0 Å². The van der Waals surface area contributed by atoms with Crippen LogP contribution in [0.3, 0.4) is 0 Å². The number of aliphatic carboxylic acids is 1. The molecule has 0 radical (unpaired) electrons. The Hall–Kier alpha value is -1.11. The zero-order valence-electron chi connectivity index (χ0n) is 10.4. The second-order valence-corrected chi connectivity index (χ2v) is 7.01. The Labute approximate surface area is 107 Å². The Morgan fingerprint density at radius 1 is 1.28 bits per heavy atom. The minimum atomic E-state index is -3.47. The van der Waals surface area contributed by atoms with Gasteiger partial charge in [0.15, 0.2) is 9.84 Å². The first-order valence-corrected chi connectivity index (χ1v) is 7.76. The average molecular weight is 277 g/mol. The first kappa shape index (κ1) is 14.9. The quantitative estimate of drug-likeness (QED) is 0.754. The molecule has 0 aromatic rings. The lowest BCUT2D eigenvalue weighted by molar-refractivity contribution is -0.140. The molecule has 1 aliphatic carbocycles. The van der Waals surface area contributed by atoms with Crippen LogP contribution in [0.2, 0.25) is 0 Å². The maximum atomic E-state index is 12.1. The van der Waals surface area contributed by atoms with Gasteiger partial charge in [-0.05, 0) is 12.8 Å². The van der Waals surface area contributed by atoms with Crippen LogP contribution in [-0.4, -0.2) is 42.4 Å². The lowest BCUT2D eigenvalue weighted by atomic mass is 10.0. The van der Waals surface area contributed by atoms with E-state index < -0.39 is 38.8 Å². The molecule has 0 aromatic heterocycles. The summed E-state index contributed by atoms with van der Waals surface area (Å²) in [4.78, 5) is 21.8. The number of nitrogens with one attached hydrogen (secondary N) is 1. The summed E-state index contributed by atoms with van der Waals surface area (Å²) in [7, 11) is -3.47. The van der Waals surface area contributed by atoms with Crippen molar-refractivity contribution < 1.29 is 23.1 Å². The normalized spacial score (nSPS) is 19.2. The van der Waals surface area contributed by atoms with Crippen LogP contribution in [0.15, 0.2) is 0 Å². The summed E-state index contributed by atoms with van der Waals surface area (Å²) >= 11 is 0. The van der Waals surface area contributed by atoms with Crippen molar-refractivity contribution in [3.05, 3.63) is 0 Å². The Morgan fingerprint density at radius 2 is 1.83 bits per heavy atom. The fourth-order valence-corrected chi connectivity index (χ4v) is 4.23. The number of hydrogen-bond acceptors (Lipinski definition) is 4. The molecule has 0 spiro atoms. The van der Waals surface area contributed by atoms with Crippen LogP contribution in [0.4, 0.5) is 0 Å². The predicted octanol–water partition coefficient (Wildman–Crippen LogP) is 0.323. The zero-order chi connectivity index (χ0) is 13.8. The predicted molar refractivity (Wildman–Crippen MR) is 65.9 cm³/mol. The Bertz CT molecular complexity index is 411. The lowest BCUT2D eigenvalue weighted by Crippen LogP contribution is -2.46. The van der Waals surface area contributed by atoms with E-state index in [0.717, 1.165) is 19.3 Å². The van der Waals surface area contributed by atoms with E-state index in [1.807, 2.05) is 0 Å². The van der Waals surface area contributed by atoms with Gasteiger partial charge in [0, 0.05) is 6.92 Å². The Kier molecular flexibility index (Phi) is 5.13. The number of rotatable bonds is 5. The van der Waals surface area contributed by atoms with Crippen molar-refractivity contribution in [3.8, 4) is 0 Å². The van der Waals surface area contributed by atoms with Crippen LogP contribution in [0.25, 0.3) is 0 Å². The highest BCUT2D eigenvalue weighted by Crippen LogP contribution is 2.24. The third-order valence-electron chi connectivity index (χ3n) is 3.13. The van der Waals surface area contributed by atoms with Crippen molar-refractivity contribution in [2.75, 3.05) is 5.75 Å². The molecule has 1 unspecified atom stereocenters. The molecule has 1 saturated carbocycles. The molecule has 1 fully saturated rings. The minimum Gasteiger partial charge on any atom is -0.480 e. The summed E-state index contributed by atoms with van der Waals surface area (Å²) in [6.07, 6.45) is 3.94. The molecule has 0 bridgehead atoms. The summed E-state index contributed by atoms with van der Waals surface area (Å²) in [6, 6.07) is -1.35. The molecule has 6 nitrogen and oxygen atoms in total. The minimum absolute atomic E-state index is 0.457. The molecular weight excluding hydrogens is 258 g/mol. The summed E-state index contributed by atoms with van der Waals surface area (Å²) in [5.74, 6) is -2.38. The number of carboxylic acid groups (broad SMARTS) is 1. The van der Waals surface area contributed by atoms with E-state index in [2.05, 4.69) is 5.32 Å². The third kappa shape index (κ3) is 4.29. The van der Waals surface area contributed by atoms with E-state index in [0.29, 0.717) is 12.8 Å². The standard InChI is InChI=1S/C11H19NO5S/c1-8(13)12-10(11(14)15)7-18(16,17)9-5-3-2-4-6-9/h9-10H,2-7H2,1H3,(H,12,13)(H,14,15). The molecule has 0 saturated heterocycles. The van der Waals surface area contributed by atoms with Crippen LogP contribution in [0, 0.1) is 0 Å². The summed E-state index contributed by atoms with van der Waals surface area (Å²) < 4.78 is 24.1. The molecule has 2 N–H and O–H groups in total. The number of hydrogen-bond donors (Lipinski definition) is 2. The van der Waals surface area contributed by atoms with E-state index in [-0.39, 0.29) is 0 Å². The molecule has 1 aliphatic rings. The molecule has 7 heteroatoms. The van der Waals surface area contributed by atoms with Gasteiger partial charge < -0.3 is 10.4 Å². The summed E-state index contributed by atoms with van der Waals surface area (Å²) in [5.41, 5.74) is 0. The highest BCUT2D eigenvalue weighted by Gasteiger charge is 2.32. The smallest absolute Gasteiger partial charge is 0.327 e. The highest BCUT2D eigenvalue weighted by molar-refractivity contribution is 7.92. The van der Waals surface area contributed by atoms with Gasteiger partial charge in [-0.15, -0.1) is 0 Å². The molecular formula is C11H19NO5S. The molecule has 1 atom stereocenters. The van der Waals surface area contributed by atoms with Gasteiger partial charge in [0.05, 0.1) is 11.0 Å². The van der Waals surface area contributed by atoms with Crippen molar-refractivity contribution in [2.24, 2.45) is 0 Å². The van der Waals surface area contributed by atoms with Crippen molar-refractivity contribution in [2.45, 2.75) is 50.3 Å². The average Bonchev–Trinajstić information content (AvgIpc) is 2.28. The fraction of sp³-hybridized carbons (Fsp3) is 0.818. The van der Waals surface area contributed by atoms with E-state index in [1.165, 1.54) is 6.92 Å². The summed E-state index contributed by atoms with van der Waals surface area (Å²) in [5, 5.41) is 10.6. The van der Waals surface area contributed by atoms with Crippen LogP contribution < -0.4 is 5.32 Å². The largest absolute Gasteiger partial charge is 0.480 e. The second-order valence-electron chi connectivity index (χ2n) is 4.68. The molecule has 0 aliphatic heterocycles. The maximum Gasteiger partial charge on any atom is 0.327 e. The van der Waals surface area contributed by atoms with E-state index >= 15 is 0 Å². The molecule has 1 amide bonds. The van der Waals surface area contributed by atoms with Crippen LogP contribution >= 0.6 is 0 Å². The van der Waals surface area contributed by atoms with Crippen molar-refractivity contribution >= 4 is 21.7 Å². The van der Waals surface area contributed by atoms with Gasteiger partial charge >= 0.3 is 5.97 Å². The van der Waals surface area contributed by atoms with Crippen molar-refractivity contribution in [1.82, 2.24) is 5.32 Å². The lowest BCUT2D eigenvalue weighted by Gasteiger charge is -2.23. The Morgan fingerprint density at radius 3 is 2.28 bits per heavy atom. The van der Waals surface area contributed by atoms with Gasteiger partial charge in [0.2, 0.25) is 5.91 Å². The number of sulfone groups is 1. The van der Waals surface area contributed by atoms with Gasteiger partial charge in [-0.25, -0.2) is 13.2 Å². The number of carbonyl (C=O) groups is 2. The second kappa shape index (κ2) is 6.17. The molecule has 0 aromatic carbocycles. The van der Waals surface area contributed by atoms with Gasteiger partial charge in [0.25, 0.3) is 0 Å². The molecule has 18 heavy (non-hydrogen) atoms. The van der Waals surface area contributed by atoms with Gasteiger partial charge in [-0.1, -0.05) is 19.3 Å². The number of amides is 1. The summed E-state index contributed by atoms with van der Waals surface area (Å²) in [6.45, 7) is 1.17. The van der Waals surface area contributed by atoms with E-state index in [9.17, 15) is 18.0 Å². The monoisotopic (exact) mass is 277 g/mol. The topological polar surface area (TPSA) is 101 Å². The molecule has 0 heterocycles. The van der Waals surface area contributed by atoms with Crippen molar-refractivity contribution in [1.29, 1.82) is 0 Å². The third-order valence-corrected chi connectivity index (χ3v) is 5.42. The SMILES string of the molecule is CC(=O)NC(CS(=O)(=O)C1CCCCC1)C(=O)O. The van der Waals surface area contributed by atoms with E-state index in [4.69, 9.17) is 5.11 Å². The first-order valence-electron chi connectivity index (χ1n) is 6.04. The van der Waals surface area contributed by atoms with Gasteiger partial charge in [-0.3, -0.25) is 4.79 Å². The van der Waals surface area contributed by atoms with Crippen LogP contribution in [0.1, 0.15) is 39.0 Å². The van der Waals surface area contributed by atoms with E-state index in [1.54, 1.807) is 0 Å². The fourth-order valence-electron chi connectivity index (χ4n) is 2.21. The zero-order valence-corrected chi connectivity index (χ0v) is 11.2.